The molecule has 4 rings (SSSR count). The van der Waals surface area contributed by atoms with Crippen molar-refractivity contribution in [3.05, 3.63) is 81.4 Å². The predicted molar refractivity (Wildman–Crippen MR) is 111 cm³/mol. The van der Waals surface area contributed by atoms with Crippen molar-refractivity contribution in [2.45, 2.75) is 13.0 Å². The van der Waals surface area contributed by atoms with Gasteiger partial charge in [-0.25, -0.2) is 4.98 Å². The normalized spacial score (nSPS) is 11.0. The Kier molecular flexibility index (Phi) is 5.16. The van der Waals surface area contributed by atoms with Gasteiger partial charge in [-0.15, -0.1) is 11.3 Å². The lowest BCUT2D eigenvalue weighted by atomic mass is 10.2. The highest BCUT2D eigenvalue weighted by Gasteiger charge is 2.12. The zero-order chi connectivity index (χ0) is 18.8. The summed E-state index contributed by atoms with van der Waals surface area (Å²) in [6, 6.07) is 15.0. The van der Waals surface area contributed by atoms with E-state index in [-0.39, 0.29) is 5.91 Å². The van der Waals surface area contributed by atoms with Crippen LogP contribution in [0.2, 0.25) is 10.0 Å². The van der Waals surface area contributed by atoms with Gasteiger partial charge in [0.25, 0.3) is 0 Å². The molecule has 1 amide bonds. The second-order valence-corrected chi connectivity index (χ2v) is 7.80. The molecule has 7 heteroatoms. The van der Waals surface area contributed by atoms with Crippen molar-refractivity contribution in [3.63, 3.8) is 0 Å². The number of hydrogen-bond acceptors (Lipinski definition) is 3. The number of halogens is 2. The van der Waals surface area contributed by atoms with Crippen molar-refractivity contribution < 1.29 is 4.79 Å². The molecule has 136 valence electrons. The maximum Gasteiger partial charge on any atom is 0.226 e. The largest absolute Gasteiger partial charge is 0.352 e. The number of carbonyl (C=O) groups is 1. The summed E-state index contributed by atoms with van der Waals surface area (Å²) in [5.74, 6) is -0.0357. The second kappa shape index (κ2) is 7.72. The number of amides is 1. The average molecular weight is 416 g/mol. The molecule has 0 fully saturated rings. The number of aromatic nitrogens is 2. The number of nitrogens with one attached hydrogen (secondary N) is 1. The van der Waals surface area contributed by atoms with Crippen LogP contribution in [0.25, 0.3) is 16.2 Å². The maximum absolute atomic E-state index is 12.3. The van der Waals surface area contributed by atoms with E-state index in [2.05, 4.69) is 10.3 Å². The van der Waals surface area contributed by atoms with Crippen molar-refractivity contribution in [1.82, 2.24) is 14.7 Å². The molecule has 27 heavy (non-hydrogen) atoms. The Morgan fingerprint density at radius 1 is 1.04 bits per heavy atom. The van der Waals surface area contributed by atoms with Crippen LogP contribution in [0.1, 0.15) is 11.3 Å². The molecule has 0 aliphatic rings. The van der Waals surface area contributed by atoms with Gasteiger partial charge in [0, 0.05) is 39.4 Å². The van der Waals surface area contributed by atoms with E-state index in [9.17, 15) is 4.79 Å². The van der Waals surface area contributed by atoms with Crippen molar-refractivity contribution in [1.29, 1.82) is 0 Å². The summed E-state index contributed by atoms with van der Waals surface area (Å²) >= 11 is 13.3. The molecule has 2 aromatic carbocycles. The minimum Gasteiger partial charge on any atom is -0.352 e. The van der Waals surface area contributed by atoms with E-state index in [4.69, 9.17) is 23.2 Å². The van der Waals surface area contributed by atoms with Crippen LogP contribution in [0.5, 0.6) is 0 Å². The highest BCUT2D eigenvalue weighted by molar-refractivity contribution is 7.15. The van der Waals surface area contributed by atoms with Gasteiger partial charge in [0.1, 0.15) is 0 Å². The second-order valence-electron chi connectivity index (χ2n) is 6.09. The van der Waals surface area contributed by atoms with Crippen LogP contribution in [-0.2, 0) is 17.8 Å². The van der Waals surface area contributed by atoms with Crippen molar-refractivity contribution in [2.24, 2.45) is 0 Å². The van der Waals surface area contributed by atoms with Gasteiger partial charge in [-0.1, -0.05) is 47.5 Å². The number of thiazole rings is 1. The van der Waals surface area contributed by atoms with Gasteiger partial charge in [-0.05, 0) is 29.8 Å². The van der Waals surface area contributed by atoms with Crippen LogP contribution in [0.15, 0.2) is 60.1 Å². The molecular formula is C20H15Cl2N3OS. The summed E-state index contributed by atoms with van der Waals surface area (Å²) in [5.41, 5.74) is 3.78. The first kappa shape index (κ1) is 18.0. The molecule has 0 bridgehead atoms. The van der Waals surface area contributed by atoms with Gasteiger partial charge in [0.15, 0.2) is 4.96 Å². The third kappa shape index (κ3) is 4.16. The Labute approximate surface area is 170 Å². The number of fused-ring (bicyclic) bond motifs is 1. The van der Waals surface area contributed by atoms with Crippen molar-refractivity contribution in [2.75, 3.05) is 0 Å². The first-order chi connectivity index (χ1) is 13.1. The highest BCUT2D eigenvalue weighted by atomic mass is 35.5. The zero-order valence-electron chi connectivity index (χ0n) is 14.2. The standard InChI is InChI=1S/C20H15Cl2N3OS/c21-15-5-1-13(2-6-15)10-23-19(26)9-17-12-27-20-24-18(11-25(17)20)14-3-7-16(22)8-4-14/h1-8,11-12H,9-10H2,(H,23,26). The van der Waals surface area contributed by atoms with E-state index in [1.807, 2.05) is 64.5 Å². The van der Waals surface area contributed by atoms with Crippen LogP contribution in [-0.4, -0.2) is 15.3 Å². The summed E-state index contributed by atoms with van der Waals surface area (Å²) in [6.07, 6.45) is 2.25. The van der Waals surface area contributed by atoms with E-state index >= 15 is 0 Å². The first-order valence-corrected chi connectivity index (χ1v) is 9.94. The lowest BCUT2D eigenvalue weighted by Crippen LogP contribution is -2.24. The van der Waals surface area contributed by atoms with E-state index in [0.29, 0.717) is 23.0 Å². The van der Waals surface area contributed by atoms with Gasteiger partial charge in [-0.3, -0.25) is 9.20 Å². The van der Waals surface area contributed by atoms with Gasteiger partial charge >= 0.3 is 0 Å². The minimum atomic E-state index is -0.0357. The fourth-order valence-corrected chi connectivity index (χ4v) is 3.87. The molecule has 2 heterocycles. The monoisotopic (exact) mass is 415 g/mol. The third-order valence-corrected chi connectivity index (χ3v) is 5.56. The van der Waals surface area contributed by atoms with E-state index in [1.54, 1.807) is 0 Å². The summed E-state index contributed by atoms with van der Waals surface area (Å²) in [7, 11) is 0. The van der Waals surface area contributed by atoms with Crippen LogP contribution in [0.3, 0.4) is 0 Å². The number of hydrogen-bond donors (Lipinski definition) is 1. The Morgan fingerprint density at radius 3 is 2.41 bits per heavy atom. The molecule has 0 aliphatic heterocycles. The smallest absolute Gasteiger partial charge is 0.226 e. The first-order valence-electron chi connectivity index (χ1n) is 8.31. The molecular weight excluding hydrogens is 401 g/mol. The van der Waals surface area contributed by atoms with Crippen molar-refractivity contribution >= 4 is 45.4 Å². The quantitative estimate of drug-likeness (QED) is 0.484. The van der Waals surface area contributed by atoms with Gasteiger partial charge < -0.3 is 5.32 Å². The molecule has 0 saturated heterocycles. The van der Waals surface area contributed by atoms with Crippen LogP contribution in [0.4, 0.5) is 0 Å². The van der Waals surface area contributed by atoms with Crippen LogP contribution in [0, 0.1) is 0 Å². The fraction of sp³-hybridized carbons (Fsp3) is 0.100. The highest BCUT2D eigenvalue weighted by Crippen LogP contribution is 2.25. The Hall–Kier alpha value is -2.34. The lowest BCUT2D eigenvalue weighted by Gasteiger charge is -2.05. The molecule has 4 nitrogen and oxygen atoms in total. The molecule has 0 saturated carbocycles. The molecule has 0 radical (unpaired) electrons. The molecule has 0 aliphatic carbocycles. The molecule has 0 spiro atoms. The Balaban J connectivity index is 1.46. The molecule has 0 atom stereocenters. The number of rotatable bonds is 5. The van der Waals surface area contributed by atoms with E-state index in [0.717, 1.165) is 27.5 Å². The average Bonchev–Trinajstić information content (AvgIpc) is 3.24. The third-order valence-electron chi connectivity index (χ3n) is 4.17. The summed E-state index contributed by atoms with van der Waals surface area (Å²) in [5, 5.41) is 6.28. The zero-order valence-corrected chi connectivity index (χ0v) is 16.5. The number of nitrogens with zero attached hydrogens (tertiary/aromatic N) is 2. The van der Waals surface area contributed by atoms with Gasteiger partial charge in [-0.2, -0.15) is 0 Å². The molecule has 2 aromatic heterocycles. The van der Waals surface area contributed by atoms with Crippen LogP contribution < -0.4 is 5.32 Å². The molecule has 4 aromatic rings. The fourth-order valence-electron chi connectivity index (χ4n) is 2.75. The van der Waals surface area contributed by atoms with E-state index < -0.39 is 0 Å². The minimum absolute atomic E-state index is 0.0357. The van der Waals surface area contributed by atoms with Crippen LogP contribution >= 0.6 is 34.5 Å². The number of carbonyl (C=O) groups excluding carboxylic acids is 1. The number of imidazole rings is 1. The number of benzene rings is 2. The SMILES string of the molecule is O=C(Cc1csc2nc(-c3ccc(Cl)cc3)cn12)NCc1ccc(Cl)cc1. The lowest BCUT2D eigenvalue weighted by molar-refractivity contribution is -0.120. The summed E-state index contributed by atoms with van der Waals surface area (Å²) < 4.78 is 1.97. The molecule has 0 unspecified atom stereocenters. The Morgan fingerprint density at radius 2 is 1.70 bits per heavy atom. The predicted octanol–water partition coefficient (Wildman–Crippen LogP) is 5.23. The van der Waals surface area contributed by atoms with E-state index in [1.165, 1.54) is 11.3 Å². The Bertz CT molecular complexity index is 1080. The molecule has 1 N–H and O–H groups in total. The van der Waals surface area contributed by atoms with Gasteiger partial charge in [0.2, 0.25) is 5.91 Å². The maximum atomic E-state index is 12.3. The van der Waals surface area contributed by atoms with Gasteiger partial charge in [0.05, 0.1) is 12.1 Å². The van der Waals surface area contributed by atoms with Crippen molar-refractivity contribution in [3.8, 4) is 11.3 Å². The topological polar surface area (TPSA) is 46.4 Å². The summed E-state index contributed by atoms with van der Waals surface area (Å²) in [4.78, 5) is 17.8. The summed E-state index contributed by atoms with van der Waals surface area (Å²) in [6.45, 7) is 0.475.